The fourth-order valence-electron chi connectivity index (χ4n) is 3.08. The molecule has 1 aliphatic heterocycles. The van der Waals surface area contributed by atoms with E-state index in [1.165, 1.54) is 18.5 Å². The van der Waals surface area contributed by atoms with Gasteiger partial charge >= 0.3 is 0 Å². The number of pyridine rings is 1. The van der Waals surface area contributed by atoms with Gasteiger partial charge in [0.15, 0.2) is 0 Å². The average Bonchev–Trinajstić information content (AvgIpc) is 2.64. The van der Waals surface area contributed by atoms with Crippen LogP contribution in [0.2, 0.25) is 0 Å². The SMILES string of the molecule is Cc1ncc(CO)c(C=Nc2ccc(N3CCC(C)CC3)cc2)c1O. The van der Waals surface area contributed by atoms with Crippen molar-refractivity contribution in [3.05, 3.63) is 47.3 Å². The van der Waals surface area contributed by atoms with Crippen LogP contribution in [0.15, 0.2) is 35.5 Å². The van der Waals surface area contributed by atoms with Crippen LogP contribution in [0.25, 0.3) is 0 Å². The number of rotatable bonds is 4. The second-order valence-corrected chi connectivity index (χ2v) is 6.73. The Kier molecular flexibility index (Phi) is 5.34. The summed E-state index contributed by atoms with van der Waals surface area (Å²) in [5.41, 5.74) is 3.64. The molecule has 5 nitrogen and oxygen atoms in total. The maximum absolute atomic E-state index is 10.2. The fraction of sp³-hybridized carbons (Fsp3) is 0.400. The second-order valence-electron chi connectivity index (χ2n) is 6.73. The van der Waals surface area contributed by atoms with Crippen LogP contribution in [0.4, 0.5) is 11.4 Å². The molecule has 0 radical (unpaired) electrons. The van der Waals surface area contributed by atoms with Gasteiger partial charge in [0.2, 0.25) is 0 Å². The zero-order chi connectivity index (χ0) is 17.8. The Morgan fingerprint density at radius 2 is 1.92 bits per heavy atom. The highest BCUT2D eigenvalue weighted by Crippen LogP contribution is 2.26. The van der Waals surface area contributed by atoms with E-state index in [4.69, 9.17) is 0 Å². The van der Waals surface area contributed by atoms with E-state index in [1.807, 2.05) is 12.1 Å². The summed E-state index contributed by atoms with van der Waals surface area (Å²) in [7, 11) is 0. The van der Waals surface area contributed by atoms with Crippen molar-refractivity contribution >= 4 is 17.6 Å². The van der Waals surface area contributed by atoms with E-state index in [9.17, 15) is 10.2 Å². The molecule has 0 amide bonds. The molecule has 25 heavy (non-hydrogen) atoms. The topological polar surface area (TPSA) is 69.0 Å². The first-order valence-corrected chi connectivity index (χ1v) is 8.76. The van der Waals surface area contributed by atoms with Gasteiger partial charge in [-0.25, -0.2) is 0 Å². The lowest BCUT2D eigenvalue weighted by atomic mass is 9.99. The lowest BCUT2D eigenvalue weighted by Crippen LogP contribution is -2.32. The minimum absolute atomic E-state index is 0.0642. The number of aryl methyl sites for hydroxylation is 1. The first kappa shape index (κ1) is 17.4. The molecule has 2 N–H and O–H groups in total. The number of benzene rings is 1. The molecule has 2 heterocycles. The lowest BCUT2D eigenvalue weighted by Gasteiger charge is -2.32. The number of nitrogens with zero attached hydrogens (tertiary/aromatic N) is 3. The molecule has 132 valence electrons. The van der Waals surface area contributed by atoms with Gasteiger partial charge in [0.1, 0.15) is 5.75 Å². The van der Waals surface area contributed by atoms with Crippen molar-refractivity contribution in [1.29, 1.82) is 0 Å². The zero-order valence-corrected chi connectivity index (χ0v) is 14.8. The molecule has 0 saturated carbocycles. The Hall–Kier alpha value is -2.40. The number of aromatic hydroxyl groups is 1. The molecule has 1 aromatic carbocycles. The third-order valence-electron chi connectivity index (χ3n) is 4.87. The molecule has 2 aromatic rings. The standard InChI is InChI=1S/C20H25N3O2/c1-14-7-9-23(10-8-14)18-5-3-17(4-6-18)22-12-19-16(13-24)11-21-15(2)20(19)25/h3-6,11-12,14,24-25H,7-10,13H2,1-2H3. The molecule has 1 aromatic heterocycles. The van der Waals surface area contributed by atoms with E-state index in [0.717, 1.165) is 24.7 Å². The van der Waals surface area contributed by atoms with Gasteiger partial charge in [-0.1, -0.05) is 6.92 Å². The summed E-state index contributed by atoms with van der Waals surface area (Å²) in [5.74, 6) is 0.881. The highest BCUT2D eigenvalue weighted by Gasteiger charge is 2.15. The molecule has 0 unspecified atom stereocenters. The van der Waals surface area contributed by atoms with Gasteiger partial charge in [0.25, 0.3) is 0 Å². The van der Waals surface area contributed by atoms with E-state index in [1.54, 1.807) is 19.3 Å². The summed E-state index contributed by atoms with van der Waals surface area (Å²) < 4.78 is 0. The highest BCUT2D eigenvalue weighted by molar-refractivity contribution is 5.87. The summed E-state index contributed by atoms with van der Waals surface area (Å²) in [6, 6.07) is 8.14. The summed E-state index contributed by atoms with van der Waals surface area (Å²) in [6.07, 6.45) is 5.64. The number of hydrogen-bond acceptors (Lipinski definition) is 5. The van der Waals surface area contributed by atoms with Crippen molar-refractivity contribution in [3.63, 3.8) is 0 Å². The van der Waals surface area contributed by atoms with Gasteiger partial charge in [-0.15, -0.1) is 0 Å². The van der Waals surface area contributed by atoms with Crippen molar-refractivity contribution in [2.24, 2.45) is 10.9 Å². The number of aliphatic imine (C=N–C) groups is 1. The first-order chi connectivity index (χ1) is 12.1. The molecule has 0 bridgehead atoms. The molecule has 0 aliphatic carbocycles. The van der Waals surface area contributed by atoms with E-state index in [0.29, 0.717) is 16.8 Å². The largest absolute Gasteiger partial charge is 0.505 e. The quantitative estimate of drug-likeness (QED) is 0.836. The molecular formula is C20H25N3O2. The van der Waals surface area contributed by atoms with E-state index in [2.05, 4.69) is 33.9 Å². The molecule has 1 saturated heterocycles. The monoisotopic (exact) mass is 339 g/mol. The Morgan fingerprint density at radius 1 is 1.24 bits per heavy atom. The van der Waals surface area contributed by atoms with Crippen LogP contribution in [0.5, 0.6) is 5.75 Å². The van der Waals surface area contributed by atoms with Gasteiger partial charge in [0.05, 0.1) is 18.0 Å². The Bertz CT molecular complexity index is 748. The normalized spacial score (nSPS) is 15.9. The van der Waals surface area contributed by atoms with Crippen LogP contribution in [-0.4, -0.2) is 34.5 Å². The van der Waals surface area contributed by atoms with E-state index < -0.39 is 0 Å². The van der Waals surface area contributed by atoms with Crippen LogP contribution in [-0.2, 0) is 6.61 Å². The minimum Gasteiger partial charge on any atom is -0.505 e. The maximum atomic E-state index is 10.2. The minimum atomic E-state index is -0.186. The molecular weight excluding hydrogens is 314 g/mol. The fourth-order valence-corrected chi connectivity index (χ4v) is 3.08. The van der Waals surface area contributed by atoms with E-state index in [-0.39, 0.29) is 12.4 Å². The number of piperidine rings is 1. The Balaban J connectivity index is 1.76. The summed E-state index contributed by atoms with van der Waals surface area (Å²) in [6.45, 7) is 6.06. The third kappa shape index (κ3) is 3.99. The Morgan fingerprint density at radius 3 is 2.56 bits per heavy atom. The summed E-state index contributed by atoms with van der Waals surface area (Å²) in [5, 5.41) is 19.6. The summed E-state index contributed by atoms with van der Waals surface area (Å²) in [4.78, 5) is 10.9. The van der Waals surface area contributed by atoms with E-state index >= 15 is 0 Å². The molecule has 0 spiro atoms. The van der Waals surface area contributed by atoms with Crippen molar-refractivity contribution < 1.29 is 10.2 Å². The first-order valence-electron chi connectivity index (χ1n) is 8.76. The number of aliphatic hydroxyl groups is 1. The number of anilines is 1. The van der Waals surface area contributed by atoms with Crippen LogP contribution < -0.4 is 4.90 Å². The third-order valence-corrected chi connectivity index (χ3v) is 4.87. The number of hydrogen-bond donors (Lipinski definition) is 2. The maximum Gasteiger partial charge on any atom is 0.145 e. The highest BCUT2D eigenvalue weighted by atomic mass is 16.3. The van der Waals surface area contributed by atoms with Gasteiger partial charge < -0.3 is 15.1 Å². The van der Waals surface area contributed by atoms with Gasteiger partial charge in [-0.2, -0.15) is 0 Å². The molecule has 0 atom stereocenters. The van der Waals surface area contributed by atoms with Crippen LogP contribution in [0, 0.1) is 12.8 Å². The van der Waals surface area contributed by atoms with Crippen molar-refractivity contribution in [3.8, 4) is 5.75 Å². The predicted octanol–water partition coefficient (Wildman–Crippen LogP) is 3.57. The van der Waals surface area contributed by atoms with Crippen LogP contribution >= 0.6 is 0 Å². The van der Waals surface area contributed by atoms with Gasteiger partial charge in [0, 0.05) is 42.3 Å². The lowest BCUT2D eigenvalue weighted by molar-refractivity contribution is 0.280. The van der Waals surface area contributed by atoms with Crippen LogP contribution in [0.3, 0.4) is 0 Å². The van der Waals surface area contributed by atoms with Crippen LogP contribution in [0.1, 0.15) is 36.6 Å². The second kappa shape index (κ2) is 7.66. The van der Waals surface area contributed by atoms with Gasteiger partial charge in [-0.3, -0.25) is 9.98 Å². The predicted molar refractivity (Wildman–Crippen MR) is 101 cm³/mol. The molecule has 1 fully saturated rings. The van der Waals surface area contributed by atoms with Crippen molar-refractivity contribution in [2.45, 2.75) is 33.3 Å². The Labute approximate surface area is 148 Å². The molecule has 5 heteroatoms. The molecule has 1 aliphatic rings. The van der Waals surface area contributed by atoms with Crippen molar-refractivity contribution in [1.82, 2.24) is 4.98 Å². The zero-order valence-electron chi connectivity index (χ0n) is 14.8. The number of aliphatic hydroxyl groups excluding tert-OH is 1. The smallest absolute Gasteiger partial charge is 0.145 e. The average molecular weight is 339 g/mol. The molecule has 3 rings (SSSR count). The summed E-state index contributed by atoms with van der Waals surface area (Å²) >= 11 is 0. The number of aromatic nitrogens is 1. The van der Waals surface area contributed by atoms with Gasteiger partial charge in [-0.05, 0) is 49.9 Å². The van der Waals surface area contributed by atoms with Crippen molar-refractivity contribution in [2.75, 3.05) is 18.0 Å².